The summed E-state index contributed by atoms with van der Waals surface area (Å²) in [5.74, 6) is 0. The maximum atomic E-state index is 9.22. The van der Waals surface area contributed by atoms with Crippen LogP contribution < -0.4 is 0 Å². The van der Waals surface area contributed by atoms with Crippen LogP contribution in [0.5, 0.6) is 0 Å². The summed E-state index contributed by atoms with van der Waals surface area (Å²) >= 11 is 0. The Morgan fingerprint density at radius 1 is 1.58 bits per heavy atom. The highest BCUT2D eigenvalue weighted by Crippen LogP contribution is 2.26. The van der Waals surface area contributed by atoms with Gasteiger partial charge in [-0.1, -0.05) is 6.08 Å². The largest absolute Gasteiger partial charge is 0.396 e. The van der Waals surface area contributed by atoms with Crippen molar-refractivity contribution in [1.29, 1.82) is 0 Å². The molecule has 1 aliphatic rings. The van der Waals surface area contributed by atoms with E-state index in [-0.39, 0.29) is 18.2 Å². The fourth-order valence-corrected chi connectivity index (χ4v) is 1.53. The van der Waals surface area contributed by atoms with Gasteiger partial charge in [-0.25, -0.2) is 0 Å². The van der Waals surface area contributed by atoms with Crippen molar-refractivity contribution in [2.75, 3.05) is 6.61 Å². The van der Waals surface area contributed by atoms with Crippen LogP contribution in [-0.4, -0.2) is 34.7 Å². The second kappa shape index (κ2) is 3.83. The standard InChI is InChI=1S/C9H15NO2/c1-8(12)7-9(4-6-11)3-2-5-10-9/h2-3,5,8,11-12H,4,6-7H2,1H3. The molecule has 0 aromatic carbocycles. The molecule has 0 aromatic rings. The van der Waals surface area contributed by atoms with Crippen LogP contribution >= 0.6 is 0 Å². The van der Waals surface area contributed by atoms with Crippen molar-refractivity contribution < 1.29 is 10.2 Å². The second-order valence-electron chi connectivity index (χ2n) is 3.27. The van der Waals surface area contributed by atoms with Crippen molar-refractivity contribution >= 4 is 6.21 Å². The van der Waals surface area contributed by atoms with Crippen LogP contribution in [0.1, 0.15) is 19.8 Å². The van der Waals surface area contributed by atoms with Crippen molar-refractivity contribution in [1.82, 2.24) is 0 Å². The van der Waals surface area contributed by atoms with Gasteiger partial charge in [0.15, 0.2) is 0 Å². The van der Waals surface area contributed by atoms with Gasteiger partial charge in [0.1, 0.15) is 0 Å². The van der Waals surface area contributed by atoms with Crippen molar-refractivity contribution in [2.24, 2.45) is 4.99 Å². The molecular weight excluding hydrogens is 154 g/mol. The second-order valence-corrected chi connectivity index (χ2v) is 3.27. The van der Waals surface area contributed by atoms with Crippen LogP contribution in [0.25, 0.3) is 0 Å². The van der Waals surface area contributed by atoms with Crippen LogP contribution in [-0.2, 0) is 0 Å². The fourth-order valence-electron chi connectivity index (χ4n) is 1.53. The average molecular weight is 169 g/mol. The van der Waals surface area contributed by atoms with Gasteiger partial charge >= 0.3 is 0 Å². The number of allylic oxidation sites excluding steroid dienone is 1. The highest BCUT2D eigenvalue weighted by molar-refractivity contribution is 5.75. The van der Waals surface area contributed by atoms with Gasteiger partial charge in [0.25, 0.3) is 0 Å². The summed E-state index contributed by atoms with van der Waals surface area (Å²) in [4.78, 5) is 4.24. The predicted molar refractivity (Wildman–Crippen MR) is 48.4 cm³/mol. The van der Waals surface area contributed by atoms with Gasteiger partial charge in [-0.2, -0.15) is 0 Å². The lowest BCUT2D eigenvalue weighted by Crippen LogP contribution is -2.28. The molecule has 68 valence electrons. The van der Waals surface area contributed by atoms with E-state index in [0.717, 1.165) is 0 Å². The third kappa shape index (κ3) is 2.16. The molecule has 3 heteroatoms. The van der Waals surface area contributed by atoms with E-state index in [1.165, 1.54) is 0 Å². The Hall–Kier alpha value is -0.670. The zero-order valence-electron chi connectivity index (χ0n) is 7.27. The monoisotopic (exact) mass is 169 g/mol. The molecular formula is C9H15NO2. The number of aliphatic hydroxyl groups excluding tert-OH is 2. The Balaban J connectivity index is 2.60. The summed E-state index contributed by atoms with van der Waals surface area (Å²) in [7, 11) is 0. The van der Waals surface area contributed by atoms with Gasteiger partial charge in [-0.05, 0) is 19.4 Å². The van der Waals surface area contributed by atoms with E-state index in [2.05, 4.69) is 4.99 Å². The van der Waals surface area contributed by atoms with Crippen LogP contribution in [0.4, 0.5) is 0 Å². The molecule has 2 unspecified atom stereocenters. The molecule has 0 radical (unpaired) electrons. The lowest BCUT2D eigenvalue weighted by atomic mass is 9.90. The minimum Gasteiger partial charge on any atom is -0.396 e. The highest BCUT2D eigenvalue weighted by atomic mass is 16.3. The first kappa shape index (κ1) is 9.42. The minimum absolute atomic E-state index is 0.106. The summed E-state index contributed by atoms with van der Waals surface area (Å²) in [6.45, 7) is 1.84. The molecule has 2 atom stereocenters. The van der Waals surface area contributed by atoms with Crippen molar-refractivity contribution in [3.63, 3.8) is 0 Å². The average Bonchev–Trinajstić information content (AvgIpc) is 2.36. The van der Waals surface area contributed by atoms with E-state index < -0.39 is 0 Å². The van der Waals surface area contributed by atoms with Crippen molar-refractivity contribution in [2.45, 2.75) is 31.4 Å². The van der Waals surface area contributed by atoms with Gasteiger partial charge in [0.2, 0.25) is 0 Å². The Labute approximate surface area is 72.4 Å². The summed E-state index contributed by atoms with van der Waals surface area (Å²) in [5.41, 5.74) is -0.344. The fraction of sp³-hybridized carbons (Fsp3) is 0.667. The highest BCUT2D eigenvalue weighted by Gasteiger charge is 2.28. The summed E-state index contributed by atoms with van der Waals surface area (Å²) < 4.78 is 0. The summed E-state index contributed by atoms with van der Waals surface area (Å²) in [6, 6.07) is 0. The van der Waals surface area contributed by atoms with Gasteiger partial charge in [0, 0.05) is 19.2 Å². The Kier molecular flexibility index (Phi) is 3.00. The zero-order valence-corrected chi connectivity index (χ0v) is 7.27. The topological polar surface area (TPSA) is 52.8 Å². The molecule has 12 heavy (non-hydrogen) atoms. The SMILES string of the molecule is CC(O)CC1(CCO)C=CC=N1. The molecule has 0 amide bonds. The van der Waals surface area contributed by atoms with Gasteiger partial charge < -0.3 is 10.2 Å². The number of aliphatic imine (C=N–C) groups is 1. The predicted octanol–water partition coefficient (Wildman–Crippen LogP) is 0.519. The van der Waals surface area contributed by atoms with E-state index in [4.69, 9.17) is 5.11 Å². The van der Waals surface area contributed by atoms with Crippen molar-refractivity contribution in [3.8, 4) is 0 Å². The van der Waals surface area contributed by atoms with E-state index in [1.807, 2.05) is 12.2 Å². The molecule has 0 aliphatic carbocycles. The molecule has 1 aliphatic heterocycles. The van der Waals surface area contributed by atoms with E-state index in [0.29, 0.717) is 12.8 Å². The van der Waals surface area contributed by atoms with Crippen LogP contribution in [0.2, 0.25) is 0 Å². The van der Waals surface area contributed by atoms with Gasteiger partial charge in [-0.15, -0.1) is 0 Å². The number of hydrogen-bond donors (Lipinski definition) is 2. The van der Waals surface area contributed by atoms with E-state index >= 15 is 0 Å². The minimum atomic E-state index is -0.378. The first-order chi connectivity index (χ1) is 5.68. The van der Waals surface area contributed by atoms with Gasteiger partial charge in [0.05, 0.1) is 11.6 Å². The van der Waals surface area contributed by atoms with E-state index in [1.54, 1.807) is 13.1 Å². The Morgan fingerprint density at radius 2 is 2.33 bits per heavy atom. The molecule has 0 saturated carbocycles. The maximum Gasteiger partial charge on any atom is 0.0837 e. The third-order valence-corrected chi connectivity index (χ3v) is 2.02. The lowest BCUT2D eigenvalue weighted by molar-refractivity contribution is 0.150. The first-order valence-electron chi connectivity index (χ1n) is 4.20. The number of nitrogens with zero attached hydrogens (tertiary/aromatic N) is 1. The summed E-state index contributed by atoms with van der Waals surface area (Å²) in [6.07, 6.45) is 6.31. The molecule has 0 aromatic heterocycles. The molecule has 0 bridgehead atoms. The maximum absolute atomic E-state index is 9.22. The number of rotatable bonds is 4. The van der Waals surface area contributed by atoms with Crippen LogP contribution in [0, 0.1) is 0 Å². The zero-order chi connectivity index (χ0) is 9.03. The molecule has 3 nitrogen and oxygen atoms in total. The Bertz CT molecular complexity index is 185. The van der Waals surface area contributed by atoms with E-state index in [9.17, 15) is 5.11 Å². The molecule has 0 fully saturated rings. The summed E-state index contributed by atoms with van der Waals surface area (Å²) in [5, 5.41) is 18.0. The number of aliphatic hydroxyl groups is 2. The first-order valence-corrected chi connectivity index (χ1v) is 4.20. The Morgan fingerprint density at radius 3 is 2.75 bits per heavy atom. The molecule has 1 rings (SSSR count). The van der Waals surface area contributed by atoms with Gasteiger partial charge in [-0.3, -0.25) is 4.99 Å². The van der Waals surface area contributed by atoms with Crippen LogP contribution in [0.3, 0.4) is 0 Å². The normalized spacial score (nSPS) is 29.6. The van der Waals surface area contributed by atoms with Crippen LogP contribution in [0.15, 0.2) is 17.1 Å². The molecule has 1 heterocycles. The molecule has 2 N–H and O–H groups in total. The lowest BCUT2D eigenvalue weighted by Gasteiger charge is -2.24. The third-order valence-electron chi connectivity index (χ3n) is 2.02. The molecule has 0 saturated heterocycles. The smallest absolute Gasteiger partial charge is 0.0837 e. The quantitative estimate of drug-likeness (QED) is 0.644. The number of hydrogen-bond acceptors (Lipinski definition) is 3. The molecule has 0 spiro atoms. The van der Waals surface area contributed by atoms with Crippen molar-refractivity contribution in [3.05, 3.63) is 12.2 Å².